The van der Waals surface area contributed by atoms with Gasteiger partial charge in [-0.2, -0.15) is 10.2 Å². The summed E-state index contributed by atoms with van der Waals surface area (Å²) in [4.78, 5) is 8.64. The van der Waals surface area contributed by atoms with Crippen molar-refractivity contribution in [3.8, 4) is 11.6 Å². The third-order valence-corrected chi connectivity index (χ3v) is 3.29. The van der Waals surface area contributed by atoms with Gasteiger partial charge < -0.3 is 0 Å². The number of nitrogens with zero attached hydrogens (tertiary/aromatic N) is 6. The third kappa shape index (κ3) is 2.39. The Labute approximate surface area is 130 Å². The summed E-state index contributed by atoms with van der Waals surface area (Å²) in [5, 5.41) is 8.40. The van der Waals surface area contributed by atoms with Crippen LogP contribution in [0.25, 0.3) is 11.6 Å². The molecule has 0 saturated carbocycles. The fraction of sp³-hybridized carbons (Fsp3) is 0. The number of hydrogen-bond donors (Lipinski definition) is 0. The van der Waals surface area contributed by atoms with Crippen LogP contribution in [0.1, 0.15) is 0 Å². The van der Waals surface area contributed by atoms with Crippen molar-refractivity contribution in [2.45, 2.75) is 0 Å². The molecule has 0 saturated heterocycles. The second kappa shape index (κ2) is 4.91. The van der Waals surface area contributed by atoms with Crippen molar-refractivity contribution in [3.63, 3.8) is 0 Å². The lowest BCUT2D eigenvalue weighted by Gasteiger charge is -2.03. The molecule has 3 aromatic rings. The smallest absolute Gasteiger partial charge is 0.174 e. The van der Waals surface area contributed by atoms with Crippen LogP contribution in [0.2, 0.25) is 0 Å². The third-order valence-electron chi connectivity index (χ3n) is 2.18. The van der Waals surface area contributed by atoms with Gasteiger partial charge in [0.2, 0.25) is 0 Å². The normalized spacial score (nSPS) is 10.8. The molecule has 0 fully saturated rings. The van der Waals surface area contributed by atoms with E-state index in [1.165, 1.54) is 0 Å². The first-order chi connectivity index (χ1) is 8.72. The van der Waals surface area contributed by atoms with E-state index in [4.69, 9.17) is 0 Å². The Morgan fingerprint density at radius 2 is 1.28 bits per heavy atom. The van der Waals surface area contributed by atoms with Gasteiger partial charge in [-0.05, 0) is 45.2 Å². The maximum Gasteiger partial charge on any atom is 0.174 e. The van der Waals surface area contributed by atoms with Gasteiger partial charge in [-0.25, -0.2) is 14.3 Å². The summed E-state index contributed by atoms with van der Waals surface area (Å²) >= 11 is 4.40. The van der Waals surface area contributed by atoms with Gasteiger partial charge in [-0.15, -0.1) is 0 Å². The number of aromatic nitrogens is 6. The first kappa shape index (κ1) is 12.0. The molecular formula is C10H6I2N6. The van der Waals surface area contributed by atoms with Crippen LogP contribution in [0.4, 0.5) is 0 Å². The van der Waals surface area contributed by atoms with Crippen molar-refractivity contribution in [1.29, 1.82) is 0 Å². The van der Waals surface area contributed by atoms with Gasteiger partial charge in [-0.1, -0.05) is 0 Å². The minimum Gasteiger partial charge on any atom is -0.257 e. The molecule has 3 heterocycles. The van der Waals surface area contributed by atoms with Gasteiger partial charge >= 0.3 is 0 Å². The highest BCUT2D eigenvalue weighted by Crippen LogP contribution is 2.10. The van der Waals surface area contributed by atoms with E-state index in [0.29, 0.717) is 11.6 Å². The van der Waals surface area contributed by atoms with Crippen LogP contribution in [0.3, 0.4) is 0 Å². The van der Waals surface area contributed by atoms with Crippen LogP contribution in [0.5, 0.6) is 0 Å². The molecule has 3 aromatic heterocycles. The summed E-state index contributed by atoms with van der Waals surface area (Å²) in [5.74, 6) is 1.34. The van der Waals surface area contributed by atoms with Gasteiger partial charge in [0.05, 0.1) is 31.9 Å². The molecule has 90 valence electrons. The summed E-state index contributed by atoms with van der Waals surface area (Å²) in [5.41, 5.74) is 0. The van der Waals surface area contributed by atoms with E-state index in [2.05, 4.69) is 65.3 Å². The molecule has 3 rings (SSSR count). The van der Waals surface area contributed by atoms with Crippen LogP contribution in [0, 0.1) is 7.14 Å². The highest BCUT2D eigenvalue weighted by Gasteiger charge is 2.05. The lowest BCUT2D eigenvalue weighted by molar-refractivity contribution is 0.791. The highest BCUT2D eigenvalue weighted by atomic mass is 127. The van der Waals surface area contributed by atoms with E-state index >= 15 is 0 Å². The SMILES string of the molecule is Ic1cnn(-c2cncc(-n3cc(I)cn3)n2)c1. The molecule has 18 heavy (non-hydrogen) atoms. The Morgan fingerprint density at radius 1 is 0.778 bits per heavy atom. The van der Waals surface area contributed by atoms with E-state index in [9.17, 15) is 0 Å². The predicted octanol–water partition coefficient (Wildman–Crippen LogP) is 2.06. The number of hydrogen-bond acceptors (Lipinski definition) is 4. The molecule has 8 heteroatoms. The van der Waals surface area contributed by atoms with E-state index < -0.39 is 0 Å². The zero-order valence-electron chi connectivity index (χ0n) is 8.90. The standard InChI is InChI=1S/C10H6I2N6/c11-7-1-14-17(5-7)9-3-13-4-10(16-9)18-6-8(12)2-15-18/h1-6H. The van der Waals surface area contributed by atoms with E-state index in [1.54, 1.807) is 34.2 Å². The monoisotopic (exact) mass is 464 g/mol. The second-order valence-electron chi connectivity index (χ2n) is 3.44. The minimum atomic E-state index is 0.668. The largest absolute Gasteiger partial charge is 0.257 e. The van der Waals surface area contributed by atoms with Crippen molar-refractivity contribution in [2.75, 3.05) is 0 Å². The van der Waals surface area contributed by atoms with Gasteiger partial charge in [0, 0.05) is 12.4 Å². The first-order valence-electron chi connectivity index (χ1n) is 4.95. The Kier molecular flexibility index (Phi) is 3.28. The molecule has 0 aliphatic carbocycles. The summed E-state index contributed by atoms with van der Waals surface area (Å²) < 4.78 is 5.47. The first-order valence-corrected chi connectivity index (χ1v) is 7.11. The summed E-state index contributed by atoms with van der Waals surface area (Å²) in [6.45, 7) is 0. The van der Waals surface area contributed by atoms with Crippen LogP contribution >= 0.6 is 45.2 Å². The van der Waals surface area contributed by atoms with Crippen molar-refractivity contribution < 1.29 is 0 Å². The quantitative estimate of drug-likeness (QED) is 0.546. The maximum absolute atomic E-state index is 4.47. The molecule has 0 radical (unpaired) electrons. The average Bonchev–Trinajstić information content (AvgIpc) is 2.98. The average molecular weight is 464 g/mol. The maximum atomic E-state index is 4.47. The highest BCUT2D eigenvalue weighted by molar-refractivity contribution is 14.1. The van der Waals surface area contributed by atoms with Crippen molar-refractivity contribution in [2.24, 2.45) is 0 Å². The molecule has 0 aliphatic heterocycles. The zero-order valence-corrected chi connectivity index (χ0v) is 13.2. The van der Waals surface area contributed by atoms with Crippen molar-refractivity contribution >= 4 is 45.2 Å². The summed E-state index contributed by atoms with van der Waals surface area (Å²) in [7, 11) is 0. The Hall–Kier alpha value is -1.04. The Balaban J connectivity index is 2.04. The molecule has 0 spiro atoms. The second-order valence-corrected chi connectivity index (χ2v) is 5.93. The number of halogens is 2. The van der Waals surface area contributed by atoms with Crippen LogP contribution < -0.4 is 0 Å². The molecule has 0 bridgehead atoms. The van der Waals surface area contributed by atoms with Gasteiger partial charge in [-0.3, -0.25) is 4.98 Å². The van der Waals surface area contributed by atoms with Gasteiger partial charge in [0.15, 0.2) is 11.6 Å². The molecule has 0 aliphatic rings. The summed E-state index contributed by atoms with van der Waals surface area (Å²) in [6, 6.07) is 0. The van der Waals surface area contributed by atoms with Gasteiger partial charge in [0.1, 0.15) is 0 Å². The van der Waals surface area contributed by atoms with Crippen molar-refractivity contribution in [1.82, 2.24) is 29.5 Å². The van der Waals surface area contributed by atoms with E-state index in [0.717, 1.165) is 7.14 Å². The van der Waals surface area contributed by atoms with Gasteiger partial charge in [0.25, 0.3) is 0 Å². The Bertz CT molecular complexity index is 634. The predicted molar refractivity (Wildman–Crippen MR) is 81.7 cm³/mol. The lowest BCUT2D eigenvalue weighted by atomic mass is 10.6. The molecular weight excluding hydrogens is 458 g/mol. The number of rotatable bonds is 2. The van der Waals surface area contributed by atoms with Crippen LogP contribution in [0.15, 0.2) is 37.2 Å². The Morgan fingerprint density at radius 3 is 1.67 bits per heavy atom. The fourth-order valence-corrected chi connectivity index (χ4v) is 2.20. The topological polar surface area (TPSA) is 61.4 Å². The molecule has 0 unspecified atom stereocenters. The molecule has 6 nitrogen and oxygen atoms in total. The van der Waals surface area contributed by atoms with Crippen LogP contribution in [-0.4, -0.2) is 29.5 Å². The molecule has 0 N–H and O–H groups in total. The molecule has 0 amide bonds. The minimum absolute atomic E-state index is 0.668. The fourth-order valence-electron chi connectivity index (χ4n) is 1.42. The lowest BCUT2D eigenvalue weighted by Crippen LogP contribution is -2.04. The molecule has 0 atom stereocenters. The zero-order chi connectivity index (χ0) is 12.5. The van der Waals surface area contributed by atoms with E-state index in [1.807, 2.05) is 12.4 Å². The summed E-state index contributed by atoms with van der Waals surface area (Å²) in [6.07, 6.45) is 10.7. The van der Waals surface area contributed by atoms with Crippen LogP contribution in [-0.2, 0) is 0 Å². The van der Waals surface area contributed by atoms with Crippen molar-refractivity contribution in [3.05, 3.63) is 44.3 Å². The molecule has 0 aromatic carbocycles. The van der Waals surface area contributed by atoms with E-state index in [-0.39, 0.29) is 0 Å².